The van der Waals surface area contributed by atoms with E-state index < -0.39 is 0 Å². The Morgan fingerprint density at radius 1 is 1.26 bits per heavy atom. The van der Waals surface area contributed by atoms with Crippen molar-refractivity contribution < 1.29 is 9.47 Å². The van der Waals surface area contributed by atoms with Gasteiger partial charge in [0.25, 0.3) is 0 Å². The van der Waals surface area contributed by atoms with Gasteiger partial charge in [0.1, 0.15) is 12.4 Å². The first-order valence-corrected chi connectivity index (χ1v) is 9.43. The van der Waals surface area contributed by atoms with Crippen LogP contribution in [-0.4, -0.2) is 49.2 Å². The predicted molar refractivity (Wildman–Crippen MR) is 108 cm³/mol. The highest BCUT2D eigenvalue weighted by molar-refractivity contribution is 5.79. The normalized spacial score (nSPS) is 11.4. The molecule has 1 aromatic carbocycles. The standard InChI is InChI=1S/C20H31N5O2/c1-4-21-20(22-9-5-11-25-12-6-10-24-25)23-16-18-8-7-17(2)15-19(18)27-14-13-26-3/h6-8,10,12,15H,4-5,9,11,13-14,16H2,1-3H3,(H2,21,22,23). The van der Waals surface area contributed by atoms with Gasteiger partial charge in [-0.1, -0.05) is 12.1 Å². The molecule has 0 amide bonds. The number of aliphatic imine (C=N–C) groups is 1. The third-order valence-corrected chi connectivity index (χ3v) is 3.94. The Hall–Kier alpha value is -2.54. The molecular formula is C20H31N5O2. The molecule has 0 aliphatic rings. The summed E-state index contributed by atoms with van der Waals surface area (Å²) in [5.74, 6) is 1.67. The molecular weight excluding hydrogens is 342 g/mol. The van der Waals surface area contributed by atoms with E-state index in [1.807, 2.05) is 23.0 Å². The molecule has 0 aliphatic heterocycles. The van der Waals surface area contributed by atoms with Crippen LogP contribution in [0.5, 0.6) is 5.75 Å². The van der Waals surface area contributed by atoms with Gasteiger partial charge in [0.15, 0.2) is 5.96 Å². The number of benzene rings is 1. The number of hydrogen-bond donors (Lipinski definition) is 2. The summed E-state index contributed by atoms with van der Waals surface area (Å²) in [5, 5.41) is 10.9. The van der Waals surface area contributed by atoms with Crippen LogP contribution in [0.4, 0.5) is 0 Å². The minimum Gasteiger partial charge on any atom is -0.491 e. The summed E-state index contributed by atoms with van der Waals surface area (Å²) in [6, 6.07) is 8.14. The summed E-state index contributed by atoms with van der Waals surface area (Å²) in [6.45, 7) is 8.30. The maximum absolute atomic E-state index is 5.85. The van der Waals surface area contributed by atoms with Crippen molar-refractivity contribution in [3.63, 3.8) is 0 Å². The number of methoxy groups -OCH3 is 1. The van der Waals surface area contributed by atoms with Gasteiger partial charge >= 0.3 is 0 Å². The second-order valence-electron chi connectivity index (χ2n) is 6.20. The molecule has 2 N–H and O–H groups in total. The summed E-state index contributed by atoms with van der Waals surface area (Å²) in [4.78, 5) is 4.70. The molecule has 0 atom stereocenters. The Morgan fingerprint density at radius 3 is 2.89 bits per heavy atom. The van der Waals surface area contributed by atoms with Crippen LogP contribution in [0.3, 0.4) is 0 Å². The van der Waals surface area contributed by atoms with E-state index >= 15 is 0 Å². The van der Waals surface area contributed by atoms with Gasteiger partial charge in [-0.25, -0.2) is 4.99 Å². The van der Waals surface area contributed by atoms with Crippen LogP contribution in [0.2, 0.25) is 0 Å². The van der Waals surface area contributed by atoms with E-state index in [2.05, 4.69) is 41.7 Å². The van der Waals surface area contributed by atoms with Crippen molar-refractivity contribution in [1.29, 1.82) is 0 Å². The summed E-state index contributed by atoms with van der Waals surface area (Å²) >= 11 is 0. The fraction of sp³-hybridized carbons (Fsp3) is 0.500. The number of nitrogens with one attached hydrogen (secondary N) is 2. The van der Waals surface area contributed by atoms with E-state index in [1.54, 1.807) is 13.3 Å². The van der Waals surface area contributed by atoms with Crippen molar-refractivity contribution in [2.45, 2.75) is 33.4 Å². The largest absolute Gasteiger partial charge is 0.491 e. The third kappa shape index (κ3) is 7.70. The first kappa shape index (κ1) is 20.8. The number of aromatic nitrogens is 2. The lowest BCUT2D eigenvalue weighted by molar-refractivity contribution is 0.145. The van der Waals surface area contributed by atoms with E-state index in [4.69, 9.17) is 14.5 Å². The molecule has 27 heavy (non-hydrogen) atoms. The molecule has 0 unspecified atom stereocenters. The number of guanidine groups is 1. The zero-order valence-electron chi connectivity index (χ0n) is 16.6. The number of rotatable bonds is 11. The Labute approximate surface area is 161 Å². The molecule has 0 saturated carbocycles. The van der Waals surface area contributed by atoms with E-state index in [0.717, 1.165) is 43.3 Å². The van der Waals surface area contributed by atoms with Gasteiger partial charge in [-0.2, -0.15) is 5.10 Å². The fourth-order valence-electron chi connectivity index (χ4n) is 2.55. The SMILES string of the molecule is CCNC(=NCc1ccc(C)cc1OCCOC)NCCCn1cccn1. The summed E-state index contributed by atoms with van der Waals surface area (Å²) in [6.07, 6.45) is 4.75. The van der Waals surface area contributed by atoms with Crippen molar-refractivity contribution in [3.05, 3.63) is 47.8 Å². The number of nitrogens with zero attached hydrogens (tertiary/aromatic N) is 3. The molecule has 0 saturated heterocycles. The second kappa shape index (κ2) is 12.0. The Bertz CT molecular complexity index is 686. The molecule has 0 aliphatic carbocycles. The second-order valence-corrected chi connectivity index (χ2v) is 6.20. The van der Waals surface area contributed by atoms with Crippen molar-refractivity contribution in [2.24, 2.45) is 4.99 Å². The topological polar surface area (TPSA) is 72.7 Å². The van der Waals surface area contributed by atoms with Crippen LogP contribution in [-0.2, 0) is 17.8 Å². The van der Waals surface area contributed by atoms with Crippen molar-refractivity contribution in [3.8, 4) is 5.75 Å². The Morgan fingerprint density at radius 2 is 2.15 bits per heavy atom. The highest BCUT2D eigenvalue weighted by Crippen LogP contribution is 2.21. The zero-order valence-corrected chi connectivity index (χ0v) is 16.6. The molecule has 7 heteroatoms. The van der Waals surface area contributed by atoms with Crippen LogP contribution < -0.4 is 15.4 Å². The molecule has 148 valence electrons. The average molecular weight is 374 g/mol. The number of hydrogen-bond acceptors (Lipinski definition) is 4. The molecule has 0 spiro atoms. The van der Waals surface area contributed by atoms with Gasteiger partial charge in [-0.05, 0) is 38.0 Å². The lowest BCUT2D eigenvalue weighted by Gasteiger charge is -2.13. The maximum atomic E-state index is 5.85. The maximum Gasteiger partial charge on any atom is 0.191 e. The van der Waals surface area contributed by atoms with E-state index in [9.17, 15) is 0 Å². The molecule has 0 bridgehead atoms. The fourth-order valence-corrected chi connectivity index (χ4v) is 2.55. The highest BCUT2D eigenvalue weighted by atomic mass is 16.5. The first-order valence-electron chi connectivity index (χ1n) is 9.43. The molecule has 0 fully saturated rings. The molecule has 1 heterocycles. The summed E-state index contributed by atoms with van der Waals surface area (Å²) in [5.41, 5.74) is 2.23. The smallest absolute Gasteiger partial charge is 0.191 e. The minimum absolute atomic E-state index is 0.530. The lowest BCUT2D eigenvalue weighted by Crippen LogP contribution is -2.38. The van der Waals surface area contributed by atoms with Gasteiger partial charge in [-0.15, -0.1) is 0 Å². The van der Waals surface area contributed by atoms with Crippen molar-refractivity contribution in [1.82, 2.24) is 20.4 Å². The average Bonchev–Trinajstić information content (AvgIpc) is 3.18. The minimum atomic E-state index is 0.530. The van der Waals surface area contributed by atoms with Crippen LogP contribution in [0, 0.1) is 6.92 Å². The molecule has 0 radical (unpaired) electrons. The van der Waals surface area contributed by atoms with Crippen LogP contribution in [0.15, 0.2) is 41.7 Å². The van der Waals surface area contributed by atoms with Crippen LogP contribution in [0.1, 0.15) is 24.5 Å². The van der Waals surface area contributed by atoms with Crippen molar-refractivity contribution >= 4 is 5.96 Å². The summed E-state index contributed by atoms with van der Waals surface area (Å²) < 4.78 is 12.8. The summed E-state index contributed by atoms with van der Waals surface area (Å²) in [7, 11) is 1.67. The van der Waals surface area contributed by atoms with Gasteiger partial charge in [0.05, 0.1) is 13.2 Å². The molecule has 7 nitrogen and oxygen atoms in total. The van der Waals surface area contributed by atoms with Gasteiger partial charge in [0, 0.05) is 44.7 Å². The van der Waals surface area contributed by atoms with E-state index in [1.165, 1.54) is 5.56 Å². The Balaban J connectivity index is 1.90. The number of aryl methyl sites for hydroxylation is 2. The van der Waals surface area contributed by atoms with Crippen LogP contribution in [0.25, 0.3) is 0 Å². The van der Waals surface area contributed by atoms with Crippen molar-refractivity contribution in [2.75, 3.05) is 33.4 Å². The third-order valence-electron chi connectivity index (χ3n) is 3.94. The molecule has 2 rings (SSSR count). The predicted octanol–water partition coefficient (Wildman–Crippen LogP) is 2.36. The van der Waals surface area contributed by atoms with E-state index in [0.29, 0.717) is 19.8 Å². The lowest BCUT2D eigenvalue weighted by atomic mass is 10.1. The van der Waals surface area contributed by atoms with Gasteiger partial charge in [-0.3, -0.25) is 4.68 Å². The first-order chi connectivity index (χ1) is 13.2. The monoisotopic (exact) mass is 373 g/mol. The quantitative estimate of drug-likeness (QED) is 0.359. The molecule has 2 aromatic rings. The highest BCUT2D eigenvalue weighted by Gasteiger charge is 2.05. The van der Waals surface area contributed by atoms with Gasteiger partial charge in [0.2, 0.25) is 0 Å². The van der Waals surface area contributed by atoms with Crippen LogP contribution >= 0.6 is 0 Å². The van der Waals surface area contributed by atoms with E-state index in [-0.39, 0.29) is 0 Å². The Kier molecular flexibility index (Phi) is 9.20. The number of ether oxygens (including phenoxy) is 2. The molecule has 1 aromatic heterocycles. The zero-order chi connectivity index (χ0) is 19.3. The van der Waals surface area contributed by atoms with Gasteiger partial charge < -0.3 is 20.1 Å².